The zero-order valence-electron chi connectivity index (χ0n) is 11.3. The Kier molecular flexibility index (Phi) is 4.54. The van der Waals surface area contributed by atoms with Gasteiger partial charge in [0.05, 0.1) is 11.9 Å². The van der Waals surface area contributed by atoms with E-state index in [1.54, 1.807) is 19.3 Å². The Morgan fingerprint density at radius 3 is 2.85 bits per heavy atom. The summed E-state index contributed by atoms with van der Waals surface area (Å²) in [5, 5.41) is 4.03. The smallest absolute Gasteiger partial charge is 0.282 e. The second-order valence-electron chi connectivity index (χ2n) is 4.42. The molecule has 6 heteroatoms. The Balaban J connectivity index is 2.34. The van der Waals surface area contributed by atoms with Crippen molar-refractivity contribution in [2.45, 2.75) is 13.5 Å². The lowest BCUT2D eigenvalue weighted by Gasteiger charge is -2.24. The molecule has 0 saturated carbocycles. The SMILES string of the molecule is CCN(Cc1cccc(F)c1)c1cnn(C)c(=O)c1Br. The van der Waals surface area contributed by atoms with E-state index in [-0.39, 0.29) is 11.4 Å². The van der Waals surface area contributed by atoms with Gasteiger partial charge in [0.25, 0.3) is 5.56 Å². The summed E-state index contributed by atoms with van der Waals surface area (Å²) in [5.41, 5.74) is 1.36. The van der Waals surface area contributed by atoms with Crippen LogP contribution in [0.25, 0.3) is 0 Å². The molecular weight excluding hydrogens is 325 g/mol. The quantitative estimate of drug-likeness (QED) is 0.859. The highest BCUT2D eigenvalue weighted by Gasteiger charge is 2.13. The highest BCUT2D eigenvalue weighted by molar-refractivity contribution is 9.10. The molecule has 0 unspecified atom stereocenters. The molecule has 2 aromatic rings. The molecule has 0 saturated heterocycles. The van der Waals surface area contributed by atoms with Crippen LogP contribution in [0.2, 0.25) is 0 Å². The molecule has 20 heavy (non-hydrogen) atoms. The van der Waals surface area contributed by atoms with E-state index in [0.29, 0.717) is 23.2 Å². The van der Waals surface area contributed by atoms with Crippen LogP contribution in [-0.2, 0) is 13.6 Å². The number of benzene rings is 1. The van der Waals surface area contributed by atoms with E-state index in [1.807, 2.05) is 17.9 Å². The molecule has 0 aliphatic rings. The monoisotopic (exact) mass is 339 g/mol. The Labute approximate surface area is 125 Å². The van der Waals surface area contributed by atoms with Crippen molar-refractivity contribution in [3.63, 3.8) is 0 Å². The van der Waals surface area contributed by atoms with Gasteiger partial charge >= 0.3 is 0 Å². The molecule has 0 N–H and O–H groups in total. The molecule has 0 amide bonds. The molecule has 0 bridgehead atoms. The van der Waals surface area contributed by atoms with Gasteiger partial charge in [0.15, 0.2) is 0 Å². The van der Waals surface area contributed by atoms with Gasteiger partial charge in [-0.25, -0.2) is 9.07 Å². The van der Waals surface area contributed by atoms with Gasteiger partial charge in [-0.15, -0.1) is 0 Å². The topological polar surface area (TPSA) is 38.1 Å². The van der Waals surface area contributed by atoms with Crippen LogP contribution in [-0.4, -0.2) is 16.3 Å². The third-order valence-electron chi connectivity index (χ3n) is 3.04. The molecule has 4 nitrogen and oxygen atoms in total. The largest absolute Gasteiger partial charge is 0.365 e. The van der Waals surface area contributed by atoms with Gasteiger partial charge in [-0.1, -0.05) is 12.1 Å². The number of hydrogen-bond donors (Lipinski definition) is 0. The summed E-state index contributed by atoms with van der Waals surface area (Å²) >= 11 is 3.31. The number of aryl methyl sites for hydroxylation is 1. The van der Waals surface area contributed by atoms with Crippen LogP contribution in [0.15, 0.2) is 39.7 Å². The van der Waals surface area contributed by atoms with Gasteiger partial charge in [0.1, 0.15) is 10.3 Å². The zero-order valence-corrected chi connectivity index (χ0v) is 12.9. The fourth-order valence-corrected chi connectivity index (χ4v) is 2.56. The summed E-state index contributed by atoms with van der Waals surface area (Å²) in [6, 6.07) is 6.44. The first-order chi connectivity index (χ1) is 9.52. The molecule has 1 aromatic carbocycles. The van der Waals surface area contributed by atoms with Crippen LogP contribution in [0.5, 0.6) is 0 Å². The molecule has 0 atom stereocenters. The highest BCUT2D eigenvalue weighted by atomic mass is 79.9. The van der Waals surface area contributed by atoms with E-state index in [2.05, 4.69) is 21.0 Å². The summed E-state index contributed by atoms with van der Waals surface area (Å²) < 4.78 is 15.0. The van der Waals surface area contributed by atoms with Gasteiger partial charge in [0, 0.05) is 20.1 Å². The number of aromatic nitrogens is 2. The minimum Gasteiger partial charge on any atom is -0.365 e. The molecule has 0 fully saturated rings. The lowest BCUT2D eigenvalue weighted by atomic mass is 10.2. The summed E-state index contributed by atoms with van der Waals surface area (Å²) in [5.74, 6) is -0.264. The number of halogens is 2. The number of hydrogen-bond acceptors (Lipinski definition) is 3. The maximum atomic E-state index is 13.2. The third-order valence-corrected chi connectivity index (χ3v) is 3.79. The lowest BCUT2D eigenvalue weighted by molar-refractivity contribution is 0.624. The summed E-state index contributed by atoms with van der Waals surface area (Å²) in [6.45, 7) is 3.18. The van der Waals surface area contributed by atoms with Crippen LogP contribution >= 0.6 is 15.9 Å². The lowest BCUT2D eigenvalue weighted by Crippen LogP contribution is -2.28. The van der Waals surface area contributed by atoms with Crippen LogP contribution in [0.4, 0.5) is 10.1 Å². The highest BCUT2D eigenvalue weighted by Crippen LogP contribution is 2.23. The molecule has 0 aliphatic carbocycles. The first kappa shape index (κ1) is 14.7. The third kappa shape index (κ3) is 3.07. The number of nitrogens with zero attached hydrogens (tertiary/aromatic N) is 3. The van der Waals surface area contributed by atoms with Crippen molar-refractivity contribution in [1.82, 2.24) is 9.78 Å². The van der Waals surface area contributed by atoms with Crippen molar-refractivity contribution in [3.05, 3.63) is 56.7 Å². The van der Waals surface area contributed by atoms with Crippen molar-refractivity contribution in [2.24, 2.45) is 7.05 Å². The number of rotatable bonds is 4. The van der Waals surface area contributed by atoms with Crippen molar-refractivity contribution in [2.75, 3.05) is 11.4 Å². The molecule has 0 radical (unpaired) electrons. The maximum absolute atomic E-state index is 13.2. The summed E-state index contributed by atoms with van der Waals surface area (Å²) in [4.78, 5) is 13.8. The van der Waals surface area contributed by atoms with Crippen molar-refractivity contribution in [3.8, 4) is 0 Å². The molecule has 106 valence electrons. The standard InChI is InChI=1S/C14H15BrFN3O/c1-3-19(9-10-5-4-6-11(16)7-10)12-8-17-18(2)14(20)13(12)15/h4-8H,3,9H2,1-2H3. The van der Waals surface area contributed by atoms with Gasteiger partial charge in [-0.3, -0.25) is 4.79 Å². The second kappa shape index (κ2) is 6.17. The molecule has 2 rings (SSSR count). The second-order valence-corrected chi connectivity index (χ2v) is 5.21. The van der Waals surface area contributed by atoms with E-state index in [4.69, 9.17) is 0 Å². The van der Waals surface area contributed by atoms with E-state index in [1.165, 1.54) is 16.8 Å². The first-order valence-corrected chi connectivity index (χ1v) is 7.03. The molecule has 1 heterocycles. The predicted octanol–water partition coefficient (Wildman–Crippen LogP) is 2.71. The van der Waals surface area contributed by atoms with Gasteiger partial charge in [-0.2, -0.15) is 5.10 Å². The zero-order chi connectivity index (χ0) is 14.7. The Morgan fingerprint density at radius 1 is 1.45 bits per heavy atom. The minimum atomic E-state index is -0.264. The fraction of sp³-hybridized carbons (Fsp3) is 0.286. The molecule has 0 aliphatic heterocycles. The molecule has 0 spiro atoms. The minimum absolute atomic E-state index is 0.194. The first-order valence-electron chi connectivity index (χ1n) is 6.24. The fourth-order valence-electron chi connectivity index (χ4n) is 1.95. The average molecular weight is 340 g/mol. The maximum Gasteiger partial charge on any atom is 0.282 e. The van der Waals surface area contributed by atoms with Crippen molar-refractivity contribution < 1.29 is 4.39 Å². The van der Waals surface area contributed by atoms with Gasteiger partial charge in [0.2, 0.25) is 0 Å². The Morgan fingerprint density at radius 2 is 2.20 bits per heavy atom. The van der Waals surface area contributed by atoms with E-state index >= 15 is 0 Å². The predicted molar refractivity (Wildman–Crippen MR) is 80.3 cm³/mol. The summed E-state index contributed by atoms with van der Waals surface area (Å²) in [7, 11) is 1.60. The molecule has 1 aromatic heterocycles. The van der Waals surface area contributed by atoms with Crippen LogP contribution in [0.1, 0.15) is 12.5 Å². The average Bonchev–Trinajstić information content (AvgIpc) is 2.43. The molecular formula is C14H15BrFN3O. The van der Waals surface area contributed by atoms with Gasteiger partial charge in [-0.05, 0) is 40.5 Å². The Hall–Kier alpha value is -1.69. The van der Waals surface area contributed by atoms with E-state index < -0.39 is 0 Å². The van der Waals surface area contributed by atoms with Crippen LogP contribution in [0, 0.1) is 5.82 Å². The van der Waals surface area contributed by atoms with E-state index in [9.17, 15) is 9.18 Å². The van der Waals surface area contributed by atoms with Crippen molar-refractivity contribution >= 4 is 21.6 Å². The Bertz CT molecular complexity index is 672. The van der Waals surface area contributed by atoms with Crippen LogP contribution < -0.4 is 10.5 Å². The van der Waals surface area contributed by atoms with Crippen molar-refractivity contribution in [1.29, 1.82) is 0 Å². The normalized spacial score (nSPS) is 10.6. The van der Waals surface area contributed by atoms with Crippen LogP contribution in [0.3, 0.4) is 0 Å². The number of anilines is 1. The summed E-state index contributed by atoms with van der Waals surface area (Å²) in [6.07, 6.45) is 1.63. The van der Waals surface area contributed by atoms with Gasteiger partial charge < -0.3 is 4.90 Å². The van der Waals surface area contributed by atoms with E-state index in [0.717, 1.165) is 5.56 Å².